The van der Waals surface area contributed by atoms with Gasteiger partial charge in [-0.25, -0.2) is 17.2 Å². The number of aryl methyl sites for hydroxylation is 1. The van der Waals surface area contributed by atoms with Crippen LogP contribution in [0.2, 0.25) is 0 Å². The van der Waals surface area contributed by atoms with Crippen molar-refractivity contribution in [2.24, 2.45) is 0 Å². The summed E-state index contributed by atoms with van der Waals surface area (Å²) >= 11 is 0. The fourth-order valence-electron chi connectivity index (χ4n) is 1.89. The van der Waals surface area contributed by atoms with Gasteiger partial charge in [-0.1, -0.05) is 6.07 Å². The van der Waals surface area contributed by atoms with Gasteiger partial charge in [-0.3, -0.25) is 9.82 Å². The second-order valence-corrected chi connectivity index (χ2v) is 5.98. The summed E-state index contributed by atoms with van der Waals surface area (Å²) in [6.07, 6.45) is 0. The van der Waals surface area contributed by atoms with Crippen molar-refractivity contribution in [2.45, 2.75) is 18.4 Å². The third-order valence-corrected chi connectivity index (χ3v) is 4.33. The molecule has 0 atom stereocenters. The van der Waals surface area contributed by atoms with E-state index in [4.69, 9.17) is 0 Å². The van der Waals surface area contributed by atoms with Crippen molar-refractivity contribution in [1.29, 1.82) is 0 Å². The Balaban J connectivity index is 2.46. The number of para-hydroxylation sites is 1. The zero-order valence-electron chi connectivity index (χ0n) is 11.4. The van der Waals surface area contributed by atoms with E-state index in [9.17, 15) is 17.2 Å². The molecule has 0 saturated carbocycles. The molecule has 0 saturated heterocycles. The van der Waals surface area contributed by atoms with Crippen LogP contribution >= 0.6 is 0 Å². The molecule has 1 heterocycles. The van der Waals surface area contributed by atoms with Gasteiger partial charge in [0.2, 0.25) is 0 Å². The van der Waals surface area contributed by atoms with Gasteiger partial charge in [0.25, 0.3) is 10.0 Å². The molecule has 1 aromatic carbocycles. The van der Waals surface area contributed by atoms with Crippen LogP contribution in [0.3, 0.4) is 0 Å². The Bertz CT molecular complexity index is 738. The third kappa shape index (κ3) is 3.03. The molecule has 0 aliphatic heterocycles. The van der Waals surface area contributed by atoms with Crippen molar-refractivity contribution in [2.75, 3.05) is 11.8 Å². The van der Waals surface area contributed by atoms with Crippen molar-refractivity contribution in [3.63, 3.8) is 0 Å². The van der Waals surface area contributed by atoms with E-state index < -0.39 is 27.3 Å². The summed E-state index contributed by atoms with van der Waals surface area (Å²) in [6.45, 7) is 1.71. The lowest BCUT2D eigenvalue weighted by Crippen LogP contribution is -2.18. The topological polar surface area (TPSA) is 86.9 Å². The molecule has 21 heavy (non-hydrogen) atoms. The Kier molecular flexibility index (Phi) is 4.24. The molecular formula is C12H14F2N4O2S. The highest BCUT2D eigenvalue weighted by atomic mass is 32.2. The van der Waals surface area contributed by atoms with Gasteiger partial charge < -0.3 is 5.32 Å². The minimum Gasteiger partial charge on any atom is -0.314 e. The molecule has 0 unspecified atom stereocenters. The molecule has 0 bridgehead atoms. The first-order valence-electron chi connectivity index (χ1n) is 6.02. The summed E-state index contributed by atoms with van der Waals surface area (Å²) in [5.41, 5.74) is -0.197. The zero-order chi connectivity index (χ0) is 15.6. The molecule has 0 spiro atoms. The Morgan fingerprint density at radius 2 is 1.90 bits per heavy atom. The van der Waals surface area contributed by atoms with Gasteiger partial charge in [0.05, 0.1) is 11.4 Å². The summed E-state index contributed by atoms with van der Waals surface area (Å²) in [5.74, 6) is -1.98. The molecule has 2 aromatic rings. The van der Waals surface area contributed by atoms with E-state index in [1.54, 1.807) is 7.05 Å². The first-order valence-corrected chi connectivity index (χ1v) is 7.50. The van der Waals surface area contributed by atoms with Crippen molar-refractivity contribution < 1.29 is 17.2 Å². The second-order valence-electron chi connectivity index (χ2n) is 4.36. The fourth-order valence-corrected chi connectivity index (χ4v) is 3.34. The summed E-state index contributed by atoms with van der Waals surface area (Å²) in [7, 11) is -2.53. The monoisotopic (exact) mass is 316 g/mol. The number of nitrogens with zero attached hydrogens (tertiary/aromatic N) is 1. The largest absolute Gasteiger partial charge is 0.314 e. The number of aromatic amines is 1. The summed E-state index contributed by atoms with van der Waals surface area (Å²) < 4.78 is 53.8. The minimum absolute atomic E-state index is 0.125. The van der Waals surface area contributed by atoms with Crippen LogP contribution in [0, 0.1) is 18.6 Å². The lowest BCUT2D eigenvalue weighted by Gasteiger charge is -2.10. The molecule has 3 N–H and O–H groups in total. The number of rotatable bonds is 5. The summed E-state index contributed by atoms with van der Waals surface area (Å²) in [4.78, 5) is -0.125. The maximum atomic E-state index is 13.6. The molecule has 1 aromatic heterocycles. The van der Waals surface area contributed by atoms with Crippen LogP contribution < -0.4 is 10.0 Å². The highest BCUT2D eigenvalue weighted by Crippen LogP contribution is 2.25. The van der Waals surface area contributed by atoms with Crippen molar-refractivity contribution >= 4 is 15.7 Å². The van der Waals surface area contributed by atoms with Crippen molar-refractivity contribution in [1.82, 2.24) is 15.5 Å². The molecule has 2 rings (SSSR count). The lowest BCUT2D eigenvalue weighted by atomic mass is 10.3. The first kappa shape index (κ1) is 15.4. The molecule has 114 valence electrons. The van der Waals surface area contributed by atoms with E-state index >= 15 is 0 Å². The number of nitrogens with one attached hydrogen (secondary N) is 3. The number of halogens is 2. The summed E-state index contributed by atoms with van der Waals surface area (Å²) in [5, 5.41) is 9.18. The maximum Gasteiger partial charge on any atom is 0.265 e. The van der Waals surface area contributed by atoms with Gasteiger partial charge in [0.15, 0.2) is 0 Å². The fraction of sp³-hybridized carbons (Fsp3) is 0.250. The van der Waals surface area contributed by atoms with E-state index in [0.717, 1.165) is 18.2 Å². The molecule has 0 fully saturated rings. The number of hydrogen-bond donors (Lipinski definition) is 3. The van der Waals surface area contributed by atoms with Gasteiger partial charge in [-0.15, -0.1) is 0 Å². The number of anilines is 1. The van der Waals surface area contributed by atoms with Crippen LogP contribution in [0.4, 0.5) is 14.5 Å². The molecule has 0 aliphatic carbocycles. The number of hydrogen-bond acceptors (Lipinski definition) is 4. The van der Waals surface area contributed by atoms with Gasteiger partial charge in [-0.05, 0) is 26.1 Å². The van der Waals surface area contributed by atoms with E-state index in [1.807, 2.05) is 4.72 Å². The van der Waals surface area contributed by atoms with E-state index in [2.05, 4.69) is 15.5 Å². The molecule has 0 aliphatic rings. The molecular weight excluding hydrogens is 302 g/mol. The highest BCUT2D eigenvalue weighted by molar-refractivity contribution is 7.92. The van der Waals surface area contributed by atoms with E-state index in [0.29, 0.717) is 0 Å². The number of benzene rings is 1. The Morgan fingerprint density at radius 1 is 1.29 bits per heavy atom. The average molecular weight is 316 g/mol. The third-order valence-electron chi connectivity index (χ3n) is 2.77. The Morgan fingerprint density at radius 3 is 2.48 bits per heavy atom. The Labute approximate surface area is 120 Å². The van der Waals surface area contributed by atoms with E-state index in [1.165, 1.54) is 6.92 Å². The standard InChI is InChI=1S/C12H14F2N4O2S/c1-7-12(10(6-15-2)17-16-7)21(19,20)18-11-8(13)4-3-5-9(11)14/h3-5,15,18H,6H2,1-2H3,(H,16,17). The number of sulfonamides is 1. The van der Waals surface area contributed by atoms with Crippen molar-refractivity contribution in [3.05, 3.63) is 41.2 Å². The van der Waals surface area contributed by atoms with Crippen LogP contribution in [-0.2, 0) is 16.6 Å². The maximum absolute atomic E-state index is 13.6. The predicted molar refractivity (Wildman–Crippen MR) is 73.3 cm³/mol. The van der Waals surface area contributed by atoms with Crippen molar-refractivity contribution in [3.8, 4) is 0 Å². The Hall–Kier alpha value is -2.00. The summed E-state index contributed by atoms with van der Waals surface area (Å²) in [6, 6.07) is 3.09. The lowest BCUT2D eigenvalue weighted by molar-refractivity contribution is 0.582. The predicted octanol–water partition coefficient (Wildman–Crippen LogP) is 1.52. The second kappa shape index (κ2) is 5.78. The quantitative estimate of drug-likeness (QED) is 0.780. The first-order chi connectivity index (χ1) is 9.86. The number of aromatic nitrogens is 2. The minimum atomic E-state index is -4.16. The average Bonchev–Trinajstić information content (AvgIpc) is 2.77. The van der Waals surface area contributed by atoms with Crippen LogP contribution in [0.25, 0.3) is 0 Å². The van der Waals surface area contributed by atoms with Gasteiger partial charge in [-0.2, -0.15) is 5.10 Å². The molecule has 9 heteroatoms. The molecule has 0 radical (unpaired) electrons. The smallest absolute Gasteiger partial charge is 0.265 e. The number of H-pyrrole nitrogens is 1. The van der Waals surface area contributed by atoms with Gasteiger partial charge in [0, 0.05) is 6.54 Å². The van der Waals surface area contributed by atoms with Crippen LogP contribution in [0.5, 0.6) is 0 Å². The zero-order valence-corrected chi connectivity index (χ0v) is 12.2. The molecule has 6 nitrogen and oxygen atoms in total. The normalized spacial score (nSPS) is 11.6. The van der Waals surface area contributed by atoms with E-state index in [-0.39, 0.29) is 22.8 Å². The molecule has 0 amide bonds. The SMILES string of the molecule is CNCc1n[nH]c(C)c1S(=O)(=O)Nc1c(F)cccc1F. The van der Waals surface area contributed by atoms with Crippen LogP contribution in [0.1, 0.15) is 11.4 Å². The van der Waals surface area contributed by atoms with Crippen LogP contribution in [-0.4, -0.2) is 25.7 Å². The van der Waals surface area contributed by atoms with Gasteiger partial charge >= 0.3 is 0 Å². The van der Waals surface area contributed by atoms with Gasteiger partial charge in [0.1, 0.15) is 22.2 Å². The highest BCUT2D eigenvalue weighted by Gasteiger charge is 2.26. The van der Waals surface area contributed by atoms with Crippen LogP contribution in [0.15, 0.2) is 23.1 Å².